The molecule has 108 valence electrons. The maximum absolute atomic E-state index is 6.12. The van der Waals surface area contributed by atoms with Crippen molar-refractivity contribution in [3.63, 3.8) is 0 Å². The molecule has 0 rings (SSSR count). The molecule has 0 saturated heterocycles. The standard InChI is InChI=1S/C15H33N3/c1-9-13(3,4)14(5,6)11-15(7,8)18(17)10-12(2)16/h10H,9,11,16-17H2,1-8H3/b12-10-. The molecule has 3 nitrogen and oxygen atoms in total. The van der Waals surface area contributed by atoms with Crippen LogP contribution in [-0.2, 0) is 0 Å². The van der Waals surface area contributed by atoms with E-state index in [4.69, 9.17) is 11.6 Å². The average molecular weight is 255 g/mol. The zero-order chi connectivity index (χ0) is 14.8. The number of hydrazine groups is 1. The first-order valence-corrected chi connectivity index (χ1v) is 6.84. The molecule has 18 heavy (non-hydrogen) atoms. The minimum atomic E-state index is -0.115. The molecule has 0 aliphatic rings. The summed E-state index contributed by atoms with van der Waals surface area (Å²) in [4.78, 5) is 0. The maximum Gasteiger partial charge on any atom is 0.0504 e. The summed E-state index contributed by atoms with van der Waals surface area (Å²) in [5, 5.41) is 1.75. The summed E-state index contributed by atoms with van der Waals surface area (Å²) in [6, 6.07) is 0. The van der Waals surface area contributed by atoms with Crippen LogP contribution in [0.3, 0.4) is 0 Å². The zero-order valence-corrected chi connectivity index (χ0v) is 13.6. The number of hydrogen-bond donors (Lipinski definition) is 2. The molecule has 0 heterocycles. The van der Waals surface area contributed by atoms with E-state index in [0.717, 1.165) is 18.5 Å². The molecule has 0 unspecified atom stereocenters. The van der Waals surface area contributed by atoms with Gasteiger partial charge in [0.25, 0.3) is 0 Å². The molecule has 0 fully saturated rings. The highest BCUT2D eigenvalue weighted by atomic mass is 15.4. The van der Waals surface area contributed by atoms with Gasteiger partial charge in [-0.3, -0.25) is 0 Å². The number of rotatable bonds is 6. The van der Waals surface area contributed by atoms with E-state index in [1.54, 1.807) is 5.01 Å². The van der Waals surface area contributed by atoms with E-state index >= 15 is 0 Å². The van der Waals surface area contributed by atoms with Crippen molar-refractivity contribution in [2.75, 3.05) is 0 Å². The van der Waals surface area contributed by atoms with Crippen molar-refractivity contribution in [1.82, 2.24) is 5.01 Å². The number of allylic oxidation sites excluding steroid dienone is 1. The van der Waals surface area contributed by atoms with Crippen LogP contribution in [0.4, 0.5) is 0 Å². The first-order chi connectivity index (χ1) is 7.85. The topological polar surface area (TPSA) is 55.3 Å². The number of nitrogens with zero attached hydrogens (tertiary/aromatic N) is 1. The smallest absolute Gasteiger partial charge is 0.0504 e. The van der Waals surface area contributed by atoms with Crippen LogP contribution in [0.25, 0.3) is 0 Å². The van der Waals surface area contributed by atoms with Gasteiger partial charge in [0, 0.05) is 11.9 Å². The second-order valence-corrected chi connectivity index (χ2v) is 7.39. The van der Waals surface area contributed by atoms with Crippen LogP contribution >= 0.6 is 0 Å². The first-order valence-electron chi connectivity index (χ1n) is 6.84. The molecule has 0 bridgehead atoms. The lowest BCUT2D eigenvalue weighted by molar-refractivity contribution is 0.0288. The Labute approximate surface area is 114 Å². The Morgan fingerprint density at radius 1 is 1.06 bits per heavy atom. The number of hydrogen-bond acceptors (Lipinski definition) is 3. The summed E-state index contributed by atoms with van der Waals surface area (Å²) in [5.41, 5.74) is 6.82. The second-order valence-electron chi connectivity index (χ2n) is 7.39. The fourth-order valence-corrected chi connectivity index (χ4v) is 2.28. The Kier molecular flexibility index (Phi) is 5.30. The predicted molar refractivity (Wildman–Crippen MR) is 80.5 cm³/mol. The largest absolute Gasteiger partial charge is 0.401 e. The Bertz CT molecular complexity index is 297. The molecule has 0 aliphatic heterocycles. The lowest BCUT2D eigenvalue weighted by atomic mass is 9.62. The van der Waals surface area contributed by atoms with Crippen LogP contribution in [0.2, 0.25) is 0 Å². The molecular weight excluding hydrogens is 222 g/mol. The van der Waals surface area contributed by atoms with Crippen LogP contribution in [-0.4, -0.2) is 10.5 Å². The van der Waals surface area contributed by atoms with Gasteiger partial charge in [-0.05, 0) is 38.0 Å². The Morgan fingerprint density at radius 3 is 1.83 bits per heavy atom. The zero-order valence-electron chi connectivity index (χ0n) is 13.6. The lowest BCUT2D eigenvalue weighted by Gasteiger charge is -2.48. The molecule has 0 aliphatic carbocycles. The quantitative estimate of drug-likeness (QED) is 0.563. The summed E-state index contributed by atoms with van der Waals surface area (Å²) in [7, 11) is 0. The normalized spacial score (nSPS) is 14.8. The predicted octanol–water partition coefficient (Wildman–Crippen LogP) is 3.61. The molecule has 0 radical (unpaired) electrons. The Balaban J connectivity index is 5.02. The van der Waals surface area contributed by atoms with E-state index in [9.17, 15) is 0 Å². The maximum atomic E-state index is 6.12. The van der Waals surface area contributed by atoms with Crippen LogP contribution < -0.4 is 11.6 Å². The molecule has 0 aromatic heterocycles. The van der Waals surface area contributed by atoms with E-state index in [-0.39, 0.29) is 16.4 Å². The molecule has 0 atom stereocenters. The highest BCUT2D eigenvalue weighted by Gasteiger charge is 2.40. The van der Waals surface area contributed by atoms with E-state index < -0.39 is 0 Å². The summed E-state index contributed by atoms with van der Waals surface area (Å²) in [6.07, 6.45) is 3.99. The van der Waals surface area contributed by atoms with Gasteiger partial charge in [0.15, 0.2) is 0 Å². The third-order valence-corrected chi connectivity index (χ3v) is 4.63. The monoisotopic (exact) mass is 255 g/mol. The van der Waals surface area contributed by atoms with Crippen LogP contribution in [0.15, 0.2) is 11.9 Å². The highest BCUT2D eigenvalue weighted by Crippen LogP contribution is 2.46. The van der Waals surface area contributed by atoms with Crippen LogP contribution in [0.5, 0.6) is 0 Å². The molecule has 0 spiro atoms. The Hall–Kier alpha value is -0.700. The molecule has 0 saturated carbocycles. The van der Waals surface area contributed by atoms with Gasteiger partial charge < -0.3 is 10.7 Å². The average Bonchev–Trinajstić information content (AvgIpc) is 2.14. The van der Waals surface area contributed by atoms with E-state index in [1.165, 1.54) is 0 Å². The van der Waals surface area contributed by atoms with Gasteiger partial charge in [-0.25, -0.2) is 5.84 Å². The molecule has 0 aromatic carbocycles. The molecule has 3 heteroatoms. The fourth-order valence-electron chi connectivity index (χ4n) is 2.28. The third-order valence-electron chi connectivity index (χ3n) is 4.63. The van der Waals surface area contributed by atoms with Gasteiger partial charge in [-0.2, -0.15) is 0 Å². The first kappa shape index (κ1) is 17.3. The van der Waals surface area contributed by atoms with Crippen LogP contribution in [0.1, 0.15) is 68.2 Å². The van der Waals surface area contributed by atoms with Gasteiger partial charge in [-0.1, -0.05) is 41.0 Å². The van der Waals surface area contributed by atoms with E-state index in [0.29, 0.717) is 0 Å². The van der Waals surface area contributed by atoms with Crippen LogP contribution in [0, 0.1) is 10.8 Å². The summed E-state index contributed by atoms with van der Waals surface area (Å²) >= 11 is 0. The summed E-state index contributed by atoms with van der Waals surface area (Å²) < 4.78 is 0. The van der Waals surface area contributed by atoms with Crippen molar-refractivity contribution in [3.8, 4) is 0 Å². The van der Waals surface area contributed by atoms with E-state index in [2.05, 4.69) is 48.5 Å². The van der Waals surface area contributed by atoms with Gasteiger partial charge in [0.2, 0.25) is 0 Å². The van der Waals surface area contributed by atoms with Crippen molar-refractivity contribution in [3.05, 3.63) is 11.9 Å². The van der Waals surface area contributed by atoms with Gasteiger partial charge in [-0.15, -0.1) is 0 Å². The summed E-state index contributed by atoms with van der Waals surface area (Å²) in [5.74, 6) is 6.12. The fraction of sp³-hybridized carbons (Fsp3) is 0.867. The van der Waals surface area contributed by atoms with Crippen molar-refractivity contribution >= 4 is 0 Å². The van der Waals surface area contributed by atoms with Gasteiger partial charge >= 0.3 is 0 Å². The summed E-state index contributed by atoms with van der Waals surface area (Å²) in [6.45, 7) is 17.7. The molecular formula is C15H33N3. The minimum Gasteiger partial charge on any atom is -0.401 e. The van der Waals surface area contributed by atoms with Crippen molar-refractivity contribution in [2.24, 2.45) is 22.4 Å². The number of nitrogens with two attached hydrogens (primary N) is 2. The van der Waals surface area contributed by atoms with Crippen molar-refractivity contribution < 1.29 is 0 Å². The van der Waals surface area contributed by atoms with Crippen molar-refractivity contribution in [2.45, 2.75) is 73.8 Å². The lowest BCUT2D eigenvalue weighted by Crippen LogP contribution is -2.50. The van der Waals surface area contributed by atoms with Crippen molar-refractivity contribution in [1.29, 1.82) is 0 Å². The molecule has 0 amide bonds. The highest BCUT2D eigenvalue weighted by molar-refractivity contribution is 4.98. The molecule has 4 N–H and O–H groups in total. The SMILES string of the molecule is CCC(C)(C)C(C)(C)CC(C)(C)N(N)/C=C(/C)N. The minimum absolute atomic E-state index is 0.115. The second kappa shape index (κ2) is 5.52. The van der Waals surface area contributed by atoms with Gasteiger partial charge in [0.05, 0.1) is 5.54 Å². The van der Waals surface area contributed by atoms with Gasteiger partial charge in [0.1, 0.15) is 0 Å². The van der Waals surface area contributed by atoms with E-state index in [1.807, 2.05) is 13.1 Å². The third kappa shape index (κ3) is 4.20. The molecule has 0 aromatic rings. The Morgan fingerprint density at radius 2 is 1.50 bits per heavy atom.